The SMILES string of the molecule is CC(Oc1cc(-c2cccc(C(F)(F)F)n2)cc2ncn(C)c12)C1CNC(=O)C1. The fraction of sp³-hybridized carbons (Fsp3) is 0.350. The zero-order valence-electron chi connectivity index (χ0n) is 15.8. The summed E-state index contributed by atoms with van der Waals surface area (Å²) in [6.45, 7) is 2.41. The zero-order chi connectivity index (χ0) is 20.8. The standard InChI is InChI=1S/C20H19F3N4O2/c1-11(13-8-18(28)24-9-13)29-16-7-12(6-15-19(16)27(2)10-25-15)14-4-3-5-17(26-14)20(21,22)23/h3-7,10-11,13H,8-9H2,1-2H3,(H,24,28). The topological polar surface area (TPSA) is 69.0 Å². The summed E-state index contributed by atoms with van der Waals surface area (Å²) in [4.78, 5) is 19.6. The van der Waals surface area contributed by atoms with Crippen LogP contribution in [0.15, 0.2) is 36.7 Å². The minimum atomic E-state index is -4.53. The molecule has 0 radical (unpaired) electrons. The normalized spacial score (nSPS) is 18.1. The Labute approximate surface area is 164 Å². The summed E-state index contributed by atoms with van der Waals surface area (Å²) < 4.78 is 47.1. The average molecular weight is 404 g/mol. The third-order valence-electron chi connectivity index (χ3n) is 5.10. The van der Waals surface area contributed by atoms with Crippen molar-refractivity contribution in [3.8, 4) is 17.0 Å². The Morgan fingerprint density at radius 3 is 2.79 bits per heavy atom. The molecule has 0 spiro atoms. The van der Waals surface area contributed by atoms with Crippen molar-refractivity contribution in [2.45, 2.75) is 25.6 Å². The van der Waals surface area contributed by atoms with Gasteiger partial charge in [-0.3, -0.25) is 4.79 Å². The molecule has 6 nitrogen and oxygen atoms in total. The van der Waals surface area contributed by atoms with Crippen molar-refractivity contribution in [2.75, 3.05) is 6.54 Å². The molecule has 0 bridgehead atoms. The van der Waals surface area contributed by atoms with E-state index in [1.807, 2.05) is 14.0 Å². The highest BCUT2D eigenvalue weighted by Gasteiger charge is 2.33. The van der Waals surface area contributed by atoms with Gasteiger partial charge in [0, 0.05) is 31.5 Å². The third-order valence-corrected chi connectivity index (χ3v) is 5.10. The van der Waals surface area contributed by atoms with Crippen LogP contribution in [-0.2, 0) is 18.0 Å². The molecular formula is C20H19F3N4O2. The van der Waals surface area contributed by atoms with E-state index in [1.165, 1.54) is 12.1 Å². The number of alkyl halides is 3. The van der Waals surface area contributed by atoms with Crippen LogP contribution in [0.25, 0.3) is 22.3 Å². The molecule has 2 unspecified atom stereocenters. The van der Waals surface area contributed by atoms with Gasteiger partial charge in [0.25, 0.3) is 0 Å². The Balaban J connectivity index is 1.75. The quantitative estimate of drug-likeness (QED) is 0.722. The van der Waals surface area contributed by atoms with Gasteiger partial charge in [0.2, 0.25) is 5.91 Å². The Hall–Kier alpha value is -3.10. The predicted octanol–water partition coefficient (Wildman–Crippen LogP) is 3.56. The van der Waals surface area contributed by atoms with Crippen LogP contribution in [-0.4, -0.2) is 33.1 Å². The van der Waals surface area contributed by atoms with Gasteiger partial charge >= 0.3 is 6.18 Å². The first-order valence-electron chi connectivity index (χ1n) is 9.15. The van der Waals surface area contributed by atoms with Gasteiger partial charge in [-0.1, -0.05) is 6.07 Å². The number of carbonyl (C=O) groups excluding carboxylic acids is 1. The summed E-state index contributed by atoms with van der Waals surface area (Å²) >= 11 is 0. The highest BCUT2D eigenvalue weighted by atomic mass is 19.4. The molecule has 3 aromatic rings. The molecule has 152 valence electrons. The Morgan fingerprint density at radius 1 is 1.31 bits per heavy atom. The summed E-state index contributed by atoms with van der Waals surface area (Å²) in [6.07, 6.45) is -2.80. The van der Waals surface area contributed by atoms with E-state index in [0.29, 0.717) is 29.8 Å². The number of fused-ring (bicyclic) bond motifs is 1. The highest BCUT2D eigenvalue weighted by molar-refractivity contribution is 5.87. The first-order chi connectivity index (χ1) is 13.7. The van der Waals surface area contributed by atoms with Crippen LogP contribution in [0.4, 0.5) is 13.2 Å². The van der Waals surface area contributed by atoms with Crippen molar-refractivity contribution in [2.24, 2.45) is 13.0 Å². The number of amides is 1. The van der Waals surface area contributed by atoms with Crippen molar-refractivity contribution in [3.63, 3.8) is 0 Å². The number of hydrogen-bond donors (Lipinski definition) is 1. The second-order valence-corrected chi connectivity index (χ2v) is 7.19. The molecule has 4 rings (SSSR count). The smallest absolute Gasteiger partial charge is 0.433 e. The summed E-state index contributed by atoms with van der Waals surface area (Å²) in [5, 5.41) is 2.78. The van der Waals surface area contributed by atoms with Crippen molar-refractivity contribution in [1.82, 2.24) is 19.9 Å². The molecule has 1 aromatic carbocycles. The number of halogens is 3. The van der Waals surface area contributed by atoms with E-state index in [2.05, 4.69) is 15.3 Å². The van der Waals surface area contributed by atoms with Gasteiger partial charge < -0.3 is 14.6 Å². The molecule has 2 aromatic heterocycles. The van der Waals surface area contributed by atoms with Gasteiger partial charge in [0.15, 0.2) is 0 Å². The number of rotatable bonds is 4. The van der Waals surface area contributed by atoms with Crippen molar-refractivity contribution >= 4 is 16.9 Å². The van der Waals surface area contributed by atoms with Crippen LogP contribution in [0.2, 0.25) is 0 Å². The largest absolute Gasteiger partial charge is 0.488 e. The monoisotopic (exact) mass is 404 g/mol. The van der Waals surface area contributed by atoms with Crippen LogP contribution >= 0.6 is 0 Å². The second-order valence-electron chi connectivity index (χ2n) is 7.19. The molecule has 29 heavy (non-hydrogen) atoms. The molecule has 1 amide bonds. The Morgan fingerprint density at radius 2 is 2.10 bits per heavy atom. The van der Waals surface area contributed by atoms with E-state index in [0.717, 1.165) is 11.6 Å². The summed E-state index contributed by atoms with van der Waals surface area (Å²) in [5.41, 5.74) is 1.02. The number of pyridine rings is 1. The molecule has 3 heterocycles. The average Bonchev–Trinajstić information content (AvgIpc) is 3.27. The second kappa shape index (κ2) is 7.06. The molecule has 1 aliphatic heterocycles. The number of hydrogen-bond acceptors (Lipinski definition) is 4. The van der Waals surface area contributed by atoms with Crippen LogP contribution < -0.4 is 10.1 Å². The number of imidazole rings is 1. The molecule has 1 aliphatic rings. The van der Waals surface area contributed by atoms with Crippen molar-refractivity contribution in [3.05, 3.63) is 42.4 Å². The number of nitrogens with zero attached hydrogens (tertiary/aromatic N) is 3. The van der Waals surface area contributed by atoms with Crippen LogP contribution in [0.1, 0.15) is 19.0 Å². The number of carbonyl (C=O) groups is 1. The molecule has 2 atom stereocenters. The van der Waals surface area contributed by atoms with E-state index in [-0.39, 0.29) is 23.6 Å². The molecule has 9 heteroatoms. The predicted molar refractivity (Wildman–Crippen MR) is 100 cm³/mol. The Kier molecular flexibility index (Phi) is 4.68. The minimum Gasteiger partial charge on any atom is -0.488 e. The highest BCUT2D eigenvalue weighted by Crippen LogP contribution is 2.35. The first-order valence-corrected chi connectivity index (χ1v) is 9.15. The van der Waals surface area contributed by atoms with Gasteiger partial charge in [-0.05, 0) is 31.2 Å². The lowest BCUT2D eigenvalue weighted by Crippen LogP contribution is -2.25. The molecule has 0 saturated carbocycles. The number of aromatic nitrogens is 3. The van der Waals surface area contributed by atoms with E-state index >= 15 is 0 Å². The lowest BCUT2D eigenvalue weighted by Gasteiger charge is -2.21. The van der Waals surface area contributed by atoms with Crippen molar-refractivity contribution in [1.29, 1.82) is 0 Å². The number of benzene rings is 1. The van der Waals surface area contributed by atoms with Crippen LogP contribution in [0.5, 0.6) is 5.75 Å². The van der Waals surface area contributed by atoms with Crippen LogP contribution in [0.3, 0.4) is 0 Å². The summed E-state index contributed by atoms with van der Waals surface area (Å²) in [7, 11) is 1.82. The summed E-state index contributed by atoms with van der Waals surface area (Å²) in [6, 6.07) is 7.15. The van der Waals surface area contributed by atoms with E-state index < -0.39 is 11.9 Å². The first kappa shape index (κ1) is 19.2. The van der Waals surface area contributed by atoms with E-state index in [1.54, 1.807) is 23.0 Å². The van der Waals surface area contributed by atoms with Gasteiger partial charge in [0.1, 0.15) is 23.1 Å². The maximum atomic E-state index is 13.1. The third kappa shape index (κ3) is 3.76. The maximum absolute atomic E-state index is 13.1. The zero-order valence-corrected chi connectivity index (χ0v) is 15.8. The van der Waals surface area contributed by atoms with Gasteiger partial charge in [-0.15, -0.1) is 0 Å². The fourth-order valence-corrected chi connectivity index (χ4v) is 3.50. The van der Waals surface area contributed by atoms with Gasteiger partial charge in [0.05, 0.1) is 17.5 Å². The Bertz CT molecular complexity index is 1080. The summed E-state index contributed by atoms with van der Waals surface area (Å²) in [5.74, 6) is 0.489. The van der Waals surface area contributed by atoms with Crippen LogP contribution in [0, 0.1) is 5.92 Å². The van der Waals surface area contributed by atoms with E-state index in [9.17, 15) is 18.0 Å². The molecule has 1 saturated heterocycles. The van der Waals surface area contributed by atoms with E-state index in [4.69, 9.17) is 4.74 Å². The number of nitrogens with one attached hydrogen (secondary N) is 1. The molecule has 0 aliphatic carbocycles. The molecular weight excluding hydrogens is 385 g/mol. The lowest BCUT2D eigenvalue weighted by atomic mass is 10.0. The molecule has 1 fully saturated rings. The van der Waals surface area contributed by atoms with Gasteiger partial charge in [-0.2, -0.15) is 13.2 Å². The maximum Gasteiger partial charge on any atom is 0.433 e. The minimum absolute atomic E-state index is 0.0149. The number of aryl methyl sites for hydroxylation is 1. The lowest BCUT2D eigenvalue weighted by molar-refractivity contribution is -0.141. The fourth-order valence-electron chi connectivity index (χ4n) is 3.50. The number of ether oxygens (including phenoxy) is 1. The van der Waals surface area contributed by atoms with Crippen molar-refractivity contribution < 1.29 is 22.7 Å². The molecule has 1 N–H and O–H groups in total. The van der Waals surface area contributed by atoms with Gasteiger partial charge in [-0.25, -0.2) is 9.97 Å².